The van der Waals surface area contributed by atoms with Crippen LogP contribution in [0.1, 0.15) is 17.4 Å². The Hall–Kier alpha value is -3.11. The van der Waals surface area contributed by atoms with E-state index in [4.69, 9.17) is 10.00 Å². The number of nitriles is 1. The van der Waals surface area contributed by atoms with E-state index in [0.29, 0.717) is 17.1 Å². The number of nitrogens with zero attached hydrogens (tertiary/aromatic N) is 2. The molecular formula is C18H16N4O2S. The maximum atomic E-state index is 12.3. The molecule has 2 N–H and O–H groups in total. The summed E-state index contributed by atoms with van der Waals surface area (Å²) in [5.74, 6) is 0.671. The number of amides is 1. The first kappa shape index (κ1) is 16.7. The van der Waals surface area contributed by atoms with E-state index in [1.807, 2.05) is 25.1 Å². The number of nitrogens with one attached hydrogen (secondary N) is 2. The topological polar surface area (TPSA) is 90.8 Å². The third-order valence-electron chi connectivity index (χ3n) is 3.50. The molecule has 0 spiro atoms. The van der Waals surface area contributed by atoms with E-state index in [1.165, 1.54) is 4.88 Å². The number of carbonyl (C=O) groups is 1. The molecule has 1 unspecified atom stereocenters. The Morgan fingerprint density at radius 1 is 1.32 bits per heavy atom. The summed E-state index contributed by atoms with van der Waals surface area (Å²) in [5.41, 5.74) is 1.39. The summed E-state index contributed by atoms with van der Waals surface area (Å²) >= 11 is 1.65. The van der Waals surface area contributed by atoms with Crippen LogP contribution in [0.25, 0.3) is 10.6 Å². The van der Waals surface area contributed by atoms with Gasteiger partial charge in [-0.25, -0.2) is 0 Å². The number of hydrogen-bond acceptors (Lipinski definition) is 5. The van der Waals surface area contributed by atoms with Crippen molar-refractivity contribution in [1.82, 2.24) is 10.2 Å². The number of aromatic amines is 1. The minimum absolute atomic E-state index is 0.301. The van der Waals surface area contributed by atoms with Crippen molar-refractivity contribution in [2.24, 2.45) is 0 Å². The molecule has 126 valence electrons. The van der Waals surface area contributed by atoms with Crippen LogP contribution >= 0.6 is 11.3 Å². The van der Waals surface area contributed by atoms with Crippen LogP contribution in [0.5, 0.6) is 5.75 Å². The Kier molecular flexibility index (Phi) is 4.82. The number of anilines is 1. The fourth-order valence-corrected chi connectivity index (χ4v) is 3.02. The monoisotopic (exact) mass is 352 g/mol. The van der Waals surface area contributed by atoms with Crippen molar-refractivity contribution in [3.8, 4) is 22.4 Å². The van der Waals surface area contributed by atoms with Gasteiger partial charge in [-0.3, -0.25) is 9.89 Å². The molecule has 0 saturated heterocycles. The van der Waals surface area contributed by atoms with E-state index in [0.717, 1.165) is 10.6 Å². The first-order chi connectivity index (χ1) is 12.0. The molecule has 0 saturated carbocycles. The van der Waals surface area contributed by atoms with Crippen molar-refractivity contribution in [2.75, 3.05) is 5.32 Å². The van der Waals surface area contributed by atoms with Gasteiger partial charge in [0.1, 0.15) is 5.75 Å². The van der Waals surface area contributed by atoms with Crippen LogP contribution < -0.4 is 10.1 Å². The van der Waals surface area contributed by atoms with E-state index >= 15 is 0 Å². The van der Waals surface area contributed by atoms with Crippen molar-refractivity contribution in [1.29, 1.82) is 5.26 Å². The number of hydrogen-bond donors (Lipinski definition) is 2. The SMILES string of the molecule is Cc1ccc(-c2cc(NC(=O)C(C)Oc3ccc(C#N)cc3)n[nH]2)s1. The fraction of sp³-hybridized carbons (Fsp3) is 0.167. The van der Waals surface area contributed by atoms with Gasteiger partial charge in [-0.2, -0.15) is 10.4 Å². The molecule has 0 aliphatic rings. The molecule has 0 aliphatic carbocycles. The number of aromatic nitrogens is 2. The zero-order valence-corrected chi connectivity index (χ0v) is 14.6. The number of benzene rings is 1. The molecule has 7 heteroatoms. The van der Waals surface area contributed by atoms with Gasteiger partial charge in [0.15, 0.2) is 11.9 Å². The third kappa shape index (κ3) is 4.05. The van der Waals surface area contributed by atoms with Gasteiger partial charge >= 0.3 is 0 Å². The summed E-state index contributed by atoms with van der Waals surface area (Å²) in [4.78, 5) is 14.5. The summed E-state index contributed by atoms with van der Waals surface area (Å²) in [6.07, 6.45) is -0.697. The zero-order valence-electron chi connectivity index (χ0n) is 13.7. The van der Waals surface area contributed by atoms with Crippen molar-refractivity contribution in [3.05, 3.63) is 52.9 Å². The number of H-pyrrole nitrogens is 1. The van der Waals surface area contributed by atoms with E-state index < -0.39 is 6.10 Å². The van der Waals surface area contributed by atoms with Crippen molar-refractivity contribution < 1.29 is 9.53 Å². The Labute approximate surface area is 149 Å². The summed E-state index contributed by atoms with van der Waals surface area (Å²) < 4.78 is 5.59. The lowest BCUT2D eigenvalue weighted by Gasteiger charge is -2.13. The van der Waals surface area contributed by atoms with Crippen LogP contribution in [0, 0.1) is 18.3 Å². The largest absolute Gasteiger partial charge is 0.481 e. The van der Waals surface area contributed by atoms with Crippen LogP contribution in [0.3, 0.4) is 0 Å². The van der Waals surface area contributed by atoms with E-state index in [1.54, 1.807) is 48.6 Å². The van der Waals surface area contributed by atoms with Crippen LogP contribution in [-0.4, -0.2) is 22.2 Å². The molecule has 1 amide bonds. The first-order valence-corrected chi connectivity index (χ1v) is 8.46. The third-order valence-corrected chi connectivity index (χ3v) is 4.53. The Morgan fingerprint density at radius 2 is 2.08 bits per heavy atom. The Bertz CT molecular complexity index is 921. The predicted molar refractivity (Wildman–Crippen MR) is 96.5 cm³/mol. The zero-order chi connectivity index (χ0) is 17.8. The molecule has 1 atom stereocenters. The number of thiophene rings is 1. The van der Waals surface area contributed by atoms with Gasteiger partial charge in [-0.05, 0) is 50.2 Å². The highest BCUT2D eigenvalue weighted by atomic mass is 32.1. The maximum absolute atomic E-state index is 12.3. The number of ether oxygens (including phenoxy) is 1. The van der Waals surface area contributed by atoms with Crippen molar-refractivity contribution in [2.45, 2.75) is 20.0 Å². The highest BCUT2D eigenvalue weighted by molar-refractivity contribution is 7.15. The number of rotatable bonds is 5. The molecular weight excluding hydrogens is 336 g/mol. The van der Waals surface area contributed by atoms with Crippen LogP contribution in [0.15, 0.2) is 42.5 Å². The highest BCUT2D eigenvalue weighted by Crippen LogP contribution is 2.27. The minimum Gasteiger partial charge on any atom is -0.481 e. The summed E-state index contributed by atoms with van der Waals surface area (Å²) in [6.45, 7) is 3.69. The average molecular weight is 352 g/mol. The van der Waals surface area contributed by atoms with E-state index in [9.17, 15) is 4.79 Å². The second kappa shape index (κ2) is 7.20. The number of carbonyl (C=O) groups excluding carboxylic acids is 1. The standard InChI is InChI=1S/C18H16N4O2S/c1-11-3-8-16(25-11)15-9-17(22-21-15)20-18(23)12(2)24-14-6-4-13(10-19)5-7-14/h3-9,12H,1-2H3,(H2,20,21,22,23). The van der Waals surface area contributed by atoms with Gasteiger partial charge in [0, 0.05) is 10.9 Å². The molecule has 0 bridgehead atoms. The lowest BCUT2D eigenvalue weighted by atomic mass is 10.2. The quantitative estimate of drug-likeness (QED) is 0.732. The van der Waals surface area contributed by atoms with E-state index in [-0.39, 0.29) is 5.91 Å². The van der Waals surface area contributed by atoms with Gasteiger partial charge in [-0.1, -0.05) is 0 Å². The summed E-state index contributed by atoms with van der Waals surface area (Å²) in [5, 5.41) is 18.5. The highest BCUT2D eigenvalue weighted by Gasteiger charge is 2.16. The second-order valence-electron chi connectivity index (χ2n) is 5.46. The fourth-order valence-electron chi connectivity index (χ4n) is 2.18. The molecule has 6 nitrogen and oxygen atoms in total. The van der Waals surface area contributed by atoms with Crippen molar-refractivity contribution in [3.63, 3.8) is 0 Å². The molecule has 25 heavy (non-hydrogen) atoms. The van der Waals surface area contributed by atoms with Crippen LogP contribution in [-0.2, 0) is 4.79 Å². The lowest BCUT2D eigenvalue weighted by Crippen LogP contribution is -2.30. The van der Waals surface area contributed by atoms with E-state index in [2.05, 4.69) is 15.5 Å². The second-order valence-corrected chi connectivity index (χ2v) is 6.75. The van der Waals surface area contributed by atoms with Gasteiger partial charge in [0.25, 0.3) is 5.91 Å². The minimum atomic E-state index is -0.697. The normalized spacial score (nSPS) is 11.6. The molecule has 3 aromatic rings. The van der Waals surface area contributed by atoms with Gasteiger partial charge in [-0.15, -0.1) is 11.3 Å². The molecule has 0 aliphatic heterocycles. The van der Waals surface area contributed by atoms with Gasteiger partial charge in [0.05, 0.1) is 22.2 Å². The lowest BCUT2D eigenvalue weighted by molar-refractivity contribution is -0.122. The van der Waals surface area contributed by atoms with Crippen molar-refractivity contribution >= 4 is 23.1 Å². The van der Waals surface area contributed by atoms with Gasteiger partial charge in [0.2, 0.25) is 0 Å². The predicted octanol–water partition coefficient (Wildman–Crippen LogP) is 3.72. The Morgan fingerprint density at radius 3 is 2.72 bits per heavy atom. The molecule has 0 radical (unpaired) electrons. The van der Waals surface area contributed by atoms with Crippen LogP contribution in [0.4, 0.5) is 5.82 Å². The Balaban J connectivity index is 1.61. The molecule has 3 rings (SSSR count). The van der Waals surface area contributed by atoms with Crippen LogP contribution in [0.2, 0.25) is 0 Å². The van der Waals surface area contributed by atoms with Gasteiger partial charge < -0.3 is 10.1 Å². The maximum Gasteiger partial charge on any atom is 0.266 e. The number of aryl methyl sites for hydroxylation is 1. The summed E-state index contributed by atoms with van der Waals surface area (Å²) in [6, 6.07) is 14.5. The average Bonchev–Trinajstić information content (AvgIpc) is 3.24. The molecule has 2 heterocycles. The summed E-state index contributed by atoms with van der Waals surface area (Å²) in [7, 11) is 0. The molecule has 0 fully saturated rings. The molecule has 2 aromatic heterocycles. The smallest absolute Gasteiger partial charge is 0.266 e. The molecule has 1 aromatic carbocycles. The first-order valence-electron chi connectivity index (χ1n) is 7.65.